The average Bonchev–Trinajstić information content (AvgIpc) is 2.28. The SMILES string of the molecule is CCc1cc(CC)cc(OCCC(=O)[O-])c1. The Kier molecular flexibility index (Phi) is 4.83. The van der Waals surface area contributed by atoms with Gasteiger partial charge in [-0.1, -0.05) is 19.9 Å². The van der Waals surface area contributed by atoms with Gasteiger partial charge in [0.15, 0.2) is 0 Å². The molecule has 16 heavy (non-hydrogen) atoms. The normalized spacial score (nSPS) is 10.1. The van der Waals surface area contributed by atoms with E-state index in [0.717, 1.165) is 18.6 Å². The summed E-state index contributed by atoms with van der Waals surface area (Å²) in [5.74, 6) is -0.334. The lowest BCUT2D eigenvalue weighted by Gasteiger charge is -2.10. The Morgan fingerprint density at radius 2 is 1.75 bits per heavy atom. The van der Waals surface area contributed by atoms with Crippen LogP contribution >= 0.6 is 0 Å². The zero-order valence-corrected chi connectivity index (χ0v) is 9.79. The molecule has 1 rings (SSSR count). The summed E-state index contributed by atoms with van der Waals surface area (Å²) in [6.07, 6.45) is 1.83. The number of carboxylic acids is 1. The van der Waals surface area contributed by atoms with E-state index in [1.165, 1.54) is 11.1 Å². The second-order valence-corrected chi connectivity index (χ2v) is 3.66. The van der Waals surface area contributed by atoms with Crippen molar-refractivity contribution in [3.63, 3.8) is 0 Å². The fourth-order valence-corrected chi connectivity index (χ4v) is 1.47. The molecule has 0 aliphatic carbocycles. The van der Waals surface area contributed by atoms with Gasteiger partial charge in [0.1, 0.15) is 5.75 Å². The van der Waals surface area contributed by atoms with Gasteiger partial charge >= 0.3 is 0 Å². The minimum Gasteiger partial charge on any atom is -0.550 e. The maximum atomic E-state index is 10.2. The Labute approximate surface area is 96.1 Å². The van der Waals surface area contributed by atoms with Crippen molar-refractivity contribution in [3.05, 3.63) is 29.3 Å². The van der Waals surface area contributed by atoms with E-state index < -0.39 is 5.97 Å². The summed E-state index contributed by atoms with van der Waals surface area (Å²) in [4.78, 5) is 10.2. The van der Waals surface area contributed by atoms with Crippen molar-refractivity contribution >= 4 is 5.97 Å². The van der Waals surface area contributed by atoms with Crippen molar-refractivity contribution < 1.29 is 14.6 Å². The number of carboxylic acid groups (broad SMARTS) is 1. The third kappa shape index (κ3) is 3.93. The fourth-order valence-electron chi connectivity index (χ4n) is 1.47. The molecule has 0 saturated carbocycles. The summed E-state index contributed by atoms with van der Waals surface area (Å²) in [5, 5.41) is 10.2. The van der Waals surface area contributed by atoms with Crippen LogP contribution in [-0.2, 0) is 17.6 Å². The highest BCUT2D eigenvalue weighted by molar-refractivity contribution is 5.64. The summed E-state index contributed by atoms with van der Waals surface area (Å²) in [5.41, 5.74) is 2.42. The molecule has 0 aliphatic heterocycles. The van der Waals surface area contributed by atoms with Crippen LogP contribution in [0.2, 0.25) is 0 Å². The van der Waals surface area contributed by atoms with Crippen LogP contribution in [-0.4, -0.2) is 12.6 Å². The Balaban J connectivity index is 2.67. The van der Waals surface area contributed by atoms with Crippen LogP contribution < -0.4 is 9.84 Å². The Hall–Kier alpha value is -1.51. The number of rotatable bonds is 6. The van der Waals surface area contributed by atoms with Gasteiger partial charge in [-0.2, -0.15) is 0 Å². The second kappa shape index (κ2) is 6.16. The van der Waals surface area contributed by atoms with E-state index in [4.69, 9.17) is 4.74 Å². The molecule has 0 aromatic heterocycles. The second-order valence-electron chi connectivity index (χ2n) is 3.66. The van der Waals surface area contributed by atoms with E-state index in [0.29, 0.717) is 0 Å². The largest absolute Gasteiger partial charge is 0.550 e. The lowest BCUT2D eigenvalue weighted by Crippen LogP contribution is -2.24. The quantitative estimate of drug-likeness (QED) is 0.728. The van der Waals surface area contributed by atoms with Gasteiger partial charge in [-0.3, -0.25) is 0 Å². The predicted octanol–water partition coefficient (Wildman–Crippen LogP) is 1.33. The van der Waals surface area contributed by atoms with Crippen LogP contribution in [0.1, 0.15) is 31.4 Å². The maximum Gasteiger partial charge on any atom is 0.119 e. The maximum absolute atomic E-state index is 10.2. The van der Waals surface area contributed by atoms with Crippen molar-refractivity contribution in [2.24, 2.45) is 0 Å². The minimum atomic E-state index is -1.08. The van der Waals surface area contributed by atoms with Crippen molar-refractivity contribution in [1.82, 2.24) is 0 Å². The molecule has 0 atom stereocenters. The van der Waals surface area contributed by atoms with Gasteiger partial charge in [0.2, 0.25) is 0 Å². The number of benzene rings is 1. The van der Waals surface area contributed by atoms with Gasteiger partial charge in [-0.15, -0.1) is 0 Å². The van der Waals surface area contributed by atoms with Crippen molar-refractivity contribution in [1.29, 1.82) is 0 Å². The monoisotopic (exact) mass is 221 g/mol. The third-order valence-electron chi connectivity index (χ3n) is 2.42. The predicted molar refractivity (Wildman–Crippen MR) is 60.3 cm³/mol. The van der Waals surface area contributed by atoms with E-state index in [9.17, 15) is 9.90 Å². The first-order chi connectivity index (χ1) is 7.65. The number of hydrogen-bond donors (Lipinski definition) is 0. The standard InChI is InChI=1S/C13H18O3/c1-3-10-7-11(4-2)9-12(8-10)16-6-5-13(14)15/h7-9H,3-6H2,1-2H3,(H,14,15)/p-1. The molecule has 3 nitrogen and oxygen atoms in total. The molecule has 0 fully saturated rings. The van der Waals surface area contributed by atoms with E-state index in [2.05, 4.69) is 19.9 Å². The summed E-state index contributed by atoms with van der Waals surface area (Å²) >= 11 is 0. The molecule has 0 bridgehead atoms. The molecule has 0 radical (unpaired) electrons. The highest BCUT2D eigenvalue weighted by Gasteiger charge is 2.00. The Bertz CT molecular complexity index is 336. The van der Waals surface area contributed by atoms with Crippen LogP contribution in [0.4, 0.5) is 0 Å². The zero-order valence-electron chi connectivity index (χ0n) is 9.79. The fraction of sp³-hybridized carbons (Fsp3) is 0.462. The van der Waals surface area contributed by atoms with E-state index >= 15 is 0 Å². The van der Waals surface area contributed by atoms with Crippen LogP contribution in [0.5, 0.6) is 5.75 Å². The van der Waals surface area contributed by atoms with Crippen LogP contribution in [0.15, 0.2) is 18.2 Å². The number of carbonyl (C=O) groups is 1. The molecule has 3 heteroatoms. The minimum absolute atomic E-state index is 0.0716. The molecule has 88 valence electrons. The topological polar surface area (TPSA) is 49.4 Å². The third-order valence-corrected chi connectivity index (χ3v) is 2.42. The lowest BCUT2D eigenvalue weighted by molar-refractivity contribution is -0.306. The Morgan fingerprint density at radius 1 is 1.19 bits per heavy atom. The Morgan fingerprint density at radius 3 is 2.19 bits per heavy atom. The van der Waals surface area contributed by atoms with E-state index in [1.54, 1.807) is 0 Å². The van der Waals surface area contributed by atoms with Gasteiger partial charge in [0.25, 0.3) is 0 Å². The molecule has 0 heterocycles. The molecular weight excluding hydrogens is 204 g/mol. The van der Waals surface area contributed by atoms with Crippen molar-refractivity contribution in [2.45, 2.75) is 33.1 Å². The summed E-state index contributed by atoms with van der Waals surface area (Å²) in [6.45, 7) is 4.33. The highest BCUT2D eigenvalue weighted by atomic mass is 16.5. The van der Waals surface area contributed by atoms with Crippen LogP contribution in [0.25, 0.3) is 0 Å². The number of hydrogen-bond acceptors (Lipinski definition) is 3. The molecule has 0 aliphatic rings. The average molecular weight is 221 g/mol. The zero-order chi connectivity index (χ0) is 12.0. The number of aryl methyl sites for hydroxylation is 2. The first-order valence-electron chi connectivity index (χ1n) is 5.61. The first kappa shape index (κ1) is 12.6. The van der Waals surface area contributed by atoms with Gasteiger partial charge in [0, 0.05) is 12.4 Å². The van der Waals surface area contributed by atoms with E-state index in [1.807, 2.05) is 12.1 Å². The molecular formula is C13H17O3-. The molecule has 0 amide bonds. The van der Waals surface area contributed by atoms with Gasteiger partial charge in [0.05, 0.1) is 6.61 Å². The summed E-state index contributed by atoms with van der Waals surface area (Å²) < 4.78 is 5.38. The van der Waals surface area contributed by atoms with E-state index in [-0.39, 0.29) is 13.0 Å². The molecule has 0 unspecified atom stereocenters. The molecule has 1 aromatic rings. The first-order valence-corrected chi connectivity index (χ1v) is 5.61. The number of aliphatic carboxylic acids is 1. The van der Waals surface area contributed by atoms with Crippen LogP contribution in [0, 0.1) is 0 Å². The smallest absolute Gasteiger partial charge is 0.119 e. The molecule has 0 spiro atoms. The molecule has 0 N–H and O–H groups in total. The van der Waals surface area contributed by atoms with Gasteiger partial charge in [-0.05, 0) is 36.1 Å². The number of carbonyl (C=O) groups excluding carboxylic acids is 1. The van der Waals surface area contributed by atoms with Gasteiger partial charge in [-0.25, -0.2) is 0 Å². The summed E-state index contributed by atoms with van der Waals surface area (Å²) in [6, 6.07) is 6.05. The lowest BCUT2D eigenvalue weighted by atomic mass is 10.1. The highest BCUT2D eigenvalue weighted by Crippen LogP contribution is 2.18. The van der Waals surface area contributed by atoms with Gasteiger partial charge < -0.3 is 14.6 Å². The van der Waals surface area contributed by atoms with Crippen molar-refractivity contribution in [2.75, 3.05) is 6.61 Å². The summed E-state index contributed by atoms with van der Waals surface area (Å²) in [7, 11) is 0. The molecule has 0 saturated heterocycles. The molecule has 1 aromatic carbocycles. The van der Waals surface area contributed by atoms with Crippen molar-refractivity contribution in [3.8, 4) is 5.75 Å². The number of ether oxygens (including phenoxy) is 1. The van der Waals surface area contributed by atoms with Crippen LogP contribution in [0.3, 0.4) is 0 Å².